The normalized spacial score (nSPS) is 16.3. The molecule has 0 amide bonds. The van der Waals surface area contributed by atoms with Crippen LogP contribution < -0.4 is 0 Å². The highest BCUT2D eigenvalue weighted by Crippen LogP contribution is 2.27. The molecule has 1 aromatic carbocycles. The van der Waals surface area contributed by atoms with Gasteiger partial charge in [0.2, 0.25) is 11.8 Å². The van der Waals surface area contributed by atoms with Gasteiger partial charge in [-0.15, -0.1) is 10.2 Å². The molecule has 142 valence electrons. The first kappa shape index (κ1) is 18.9. The molecule has 0 saturated heterocycles. The molecule has 0 unspecified atom stereocenters. The van der Waals surface area contributed by atoms with Gasteiger partial charge in [0.25, 0.3) is 0 Å². The quantitative estimate of drug-likeness (QED) is 0.708. The van der Waals surface area contributed by atoms with E-state index in [1.165, 1.54) is 0 Å². The van der Waals surface area contributed by atoms with Crippen LogP contribution in [0.2, 0.25) is 0 Å². The molecule has 1 fully saturated rings. The Morgan fingerprint density at radius 1 is 1.00 bits per heavy atom. The molecular formula is C19H24F3N3O. The fourth-order valence-corrected chi connectivity index (χ4v) is 3.48. The van der Waals surface area contributed by atoms with Crippen LogP contribution in [0.25, 0.3) is 0 Å². The van der Waals surface area contributed by atoms with Crippen molar-refractivity contribution in [1.29, 1.82) is 0 Å². The highest BCUT2D eigenvalue weighted by atomic mass is 19.4. The minimum atomic E-state index is -4.15. The third kappa shape index (κ3) is 5.83. The van der Waals surface area contributed by atoms with E-state index >= 15 is 0 Å². The Bertz CT molecular complexity index is 666. The predicted molar refractivity (Wildman–Crippen MR) is 91.5 cm³/mol. The average Bonchev–Trinajstić information content (AvgIpc) is 3.06. The van der Waals surface area contributed by atoms with Gasteiger partial charge in [-0.1, -0.05) is 49.6 Å². The third-order valence-corrected chi connectivity index (χ3v) is 4.82. The first-order chi connectivity index (χ1) is 12.5. The van der Waals surface area contributed by atoms with Crippen molar-refractivity contribution in [3.63, 3.8) is 0 Å². The Morgan fingerprint density at radius 2 is 1.69 bits per heavy atom. The Kier molecular flexibility index (Phi) is 6.29. The molecule has 2 aromatic rings. The van der Waals surface area contributed by atoms with E-state index in [4.69, 9.17) is 4.42 Å². The fraction of sp³-hybridized carbons (Fsp3) is 0.579. The van der Waals surface area contributed by atoms with Gasteiger partial charge in [0, 0.05) is 12.6 Å². The number of benzene rings is 1. The molecule has 4 nitrogen and oxygen atoms in total. The first-order valence-corrected chi connectivity index (χ1v) is 9.15. The summed E-state index contributed by atoms with van der Waals surface area (Å²) in [6.07, 6.45) is 0.720. The van der Waals surface area contributed by atoms with Crippen molar-refractivity contribution in [3.8, 4) is 0 Å². The molecular weight excluding hydrogens is 343 g/mol. The van der Waals surface area contributed by atoms with E-state index in [0.717, 1.165) is 37.7 Å². The van der Waals surface area contributed by atoms with E-state index < -0.39 is 12.6 Å². The largest absolute Gasteiger partial charge is 0.424 e. The maximum atomic E-state index is 12.7. The van der Waals surface area contributed by atoms with Crippen LogP contribution in [0.3, 0.4) is 0 Å². The number of hydrogen-bond donors (Lipinski definition) is 0. The molecule has 0 aliphatic heterocycles. The highest BCUT2D eigenvalue weighted by molar-refractivity contribution is 5.17. The molecule has 7 heteroatoms. The molecule has 26 heavy (non-hydrogen) atoms. The number of halogens is 3. The fourth-order valence-electron chi connectivity index (χ4n) is 3.48. The van der Waals surface area contributed by atoms with Gasteiger partial charge in [-0.25, -0.2) is 0 Å². The van der Waals surface area contributed by atoms with Gasteiger partial charge in [-0.2, -0.15) is 13.2 Å². The van der Waals surface area contributed by atoms with Crippen molar-refractivity contribution in [3.05, 3.63) is 47.7 Å². The zero-order valence-corrected chi connectivity index (χ0v) is 14.7. The topological polar surface area (TPSA) is 42.2 Å². The van der Waals surface area contributed by atoms with Crippen molar-refractivity contribution in [2.75, 3.05) is 6.54 Å². The SMILES string of the molecule is FC(F)(F)CCN(Cc1nnc(Cc2ccccc2)o1)C1CCCCC1. The van der Waals surface area contributed by atoms with Crippen LogP contribution in [0.1, 0.15) is 55.9 Å². The third-order valence-electron chi connectivity index (χ3n) is 4.82. The zero-order valence-electron chi connectivity index (χ0n) is 14.7. The van der Waals surface area contributed by atoms with Gasteiger partial charge in [0.15, 0.2) is 0 Å². The van der Waals surface area contributed by atoms with Crippen molar-refractivity contribution in [2.45, 2.75) is 63.7 Å². The monoisotopic (exact) mass is 367 g/mol. The van der Waals surface area contributed by atoms with E-state index in [2.05, 4.69) is 10.2 Å². The summed E-state index contributed by atoms with van der Waals surface area (Å²) in [6, 6.07) is 9.92. The average molecular weight is 367 g/mol. The van der Waals surface area contributed by atoms with Gasteiger partial charge >= 0.3 is 6.18 Å². The van der Waals surface area contributed by atoms with Gasteiger partial charge < -0.3 is 4.42 Å². The van der Waals surface area contributed by atoms with E-state index in [9.17, 15) is 13.2 Å². The maximum absolute atomic E-state index is 12.7. The van der Waals surface area contributed by atoms with Crippen LogP contribution in [-0.2, 0) is 13.0 Å². The van der Waals surface area contributed by atoms with E-state index in [0.29, 0.717) is 18.2 Å². The minimum absolute atomic E-state index is 0.0232. The summed E-state index contributed by atoms with van der Waals surface area (Å²) >= 11 is 0. The number of rotatable bonds is 7. The lowest BCUT2D eigenvalue weighted by Gasteiger charge is -2.33. The van der Waals surface area contributed by atoms with E-state index in [1.807, 2.05) is 35.2 Å². The van der Waals surface area contributed by atoms with Crippen molar-refractivity contribution >= 4 is 0 Å². The number of aromatic nitrogens is 2. The number of alkyl halides is 3. The van der Waals surface area contributed by atoms with Crippen molar-refractivity contribution < 1.29 is 17.6 Å². The van der Waals surface area contributed by atoms with Crippen molar-refractivity contribution in [2.24, 2.45) is 0 Å². The van der Waals surface area contributed by atoms with Crippen LogP contribution in [0.5, 0.6) is 0 Å². The van der Waals surface area contributed by atoms with Crippen LogP contribution in [0.4, 0.5) is 13.2 Å². The second-order valence-corrected chi connectivity index (χ2v) is 6.88. The van der Waals surface area contributed by atoms with Crippen LogP contribution in [0.15, 0.2) is 34.7 Å². The Morgan fingerprint density at radius 3 is 2.38 bits per heavy atom. The summed E-state index contributed by atoms with van der Waals surface area (Å²) in [6.45, 7) is 0.257. The molecule has 1 heterocycles. The standard InChI is InChI=1S/C19H24F3N3O/c20-19(21,22)11-12-25(16-9-5-2-6-10-16)14-18-24-23-17(26-18)13-15-7-3-1-4-8-15/h1,3-4,7-8,16H,2,5-6,9-14H2. The lowest BCUT2D eigenvalue weighted by molar-refractivity contribution is -0.140. The Labute approximate surface area is 151 Å². The van der Waals surface area contributed by atoms with E-state index in [-0.39, 0.29) is 19.1 Å². The molecule has 0 atom stereocenters. The lowest BCUT2D eigenvalue weighted by atomic mass is 9.94. The summed E-state index contributed by atoms with van der Waals surface area (Å²) in [5.74, 6) is 0.884. The summed E-state index contributed by atoms with van der Waals surface area (Å²) in [4.78, 5) is 1.87. The lowest BCUT2D eigenvalue weighted by Crippen LogP contribution is -2.38. The van der Waals surface area contributed by atoms with Crippen LogP contribution >= 0.6 is 0 Å². The molecule has 0 bridgehead atoms. The first-order valence-electron chi connectivity index (χ1n) is 9.15. The molecule has 0 radical (unpaired) electrons. The molecule has 0 spiro atoms. The summed E-state index contributed by atoms with van der Waals surface area (Å²) in [7, 11) is 0. The molecule has 1 aliphatic carbocycles. The minimum Gasteiger partial charge on any atom is -0.424 e. The van der Waals surface area contributed by atoms with Gasteiger partial charge in [0.05, 0.1) is 19.4 Å². The Hall–Kier alpha value is -1.89. The summed E-state index contributed by atoms with van der Waals surface area (Å²) in [5.41, 5.74) is 1.06. The van der Waals surface area contributed by atoms with Crippen LogP contribution in [-0.4, -0.2) is 33.9 Å². The van der Waals surface area contributed by atoms with Gasteiger partial charge in [-0.3, -0.25) is 4.90 Å². The molecule has 0 N–H and O–H groups in total. The number of hydrogen-bond acceptors (Lipinski definition) is 4. The van der Waals surface area contributed by atoms with Gasteiger partial charge in [0.1, 0.15) is 0 Å². The molecule has 1 aliphatic rings. The smallest absolute Gasteiger partial charge is 0.390 e. The molecule has 1 saturated carbocycles. The Balaban J connectivity index is 1.63. The predicted octanol–water partition coefficient (Wildman–Crippen LogP) is 4.75. The summed E-state index contributed by atoms with van der Waals surface area (Å²) < 4.78 is 43.8. The number of nitrogens with zero attached hydrogens (tertiary/aromatic N) is 3. The highest BCUT2D eigenvalue weighted by Gasteiger charge is 2.31. The zero-order chi connectivity index (χ0) is 18.4. The van der Waals surface area contributed by atoms with Gasteiger partial charge in [-0.05, 0) is 18.4 Å². The second-order valence-electron chi connectivity index (χ2n) is 6.88. The van der Waals surface area contributed by atoms with Crippen molar-refractivity contribution in [1.82, 2.24) is 15.1 Å². The summed E-state index contributed by atoms with van der Waals surface area (Å²) in [5, 5.41) is 8.10. The maximum Gasteiger partial charge on any atom is 0.390 e. The second kappa shape index (κ2) is 8.66. The molecule has 1 aromatic heterocycles. The molecule has 3 rings (SSSR count). The van der Waals surface area contributed by atoms with E-state index in [1.54, 1.807) is 0 Å². The van der Waals surface area contributed by atoms with Crippen LogP contribution in [0, 0.1) is 0 Å².